The van der Waals surface area contributed by atoms with Gasteiger partial charge in [0, 0.05) is 13.1 Å². The molecule has 0 fully saturated rings. The molecule has 0 aromatic carbocycles. The summed E-state index contributed by atoms with van der Waals surface area (Å²) in [5.41, 5.74) is 0. The molecule has 0 aliphatic carbocycles. The summed E-state index contributed by atoms with van der Waals surface area (Å²) in [6.45, 7) is 7.26. The van der Waals surface area contributed by atoms with Gasteiger partial charge in [-0.05, 0) is 19.4 Å². The van der Waals surface area contributed by atoms with Crippen LogP contribution in [-0.2, 0) is 10.1 Å². The highest BCUT2D eigenvalue weighted by Crippen LogP contribution is 2.11. The van der Waals surface area contributed by atoms with Gasteiger partial charge in [0.05, 0.1) is 19.0 Å². The van der Waals surface area contributed by atoms with Crippen LogP contribution in [0, 0.1) is 0 Å². The van der Waals surface area contributed by atoms with Gasteiger partial charge in [0.15, 0.2) is 0 Å². The van der Waals surface area contributed by atoms with Crippen LogP contribution >= 0.6 is 0 Å². The van der Waals surface area contributed by atoms with Crippen molar-refractivity contribution in [2.75, 3.05) is 38.6 Å². The lowest BCUT2D eigenvalue weighted by Gasteiger charge is -2.19. The third-order valence-corrected chi connectivity index (χ3v) is 7.22. The molecule has 0 saturated carbocycles. The Hall–Kier alpha value is -0.210. The van der Waals surface area contributed by atoms with Crippen LogP contribution in [0.2, 0.25) is 0 Å². The van der Waals surface area contributed by atoms with E-state index in [1.165, 1.54) is 109 Å². The molecular formula is C28H61NO5S. The summed E-state index contributed by atoms with van der Waals surface area (Å²) < 4.78 is 29.4. The third kappa shape index (κ3) is 36.0. The molecule has 0 unspecified atom stereocenters. The maximum atomic E-state index is 10.4. The van der Waals surface area contributed by atoms with Gasteiger partial charge in [-0.15, -0.1) is 0 Å². The predicted molar refractivity (Wildman–Crippen MR) is 151 cm³/mol. The fraction of sp³-hybridized carbons (Fsp3) is 1.00. The molecule has 0 heterocycles. The van der Waals surface area contributed by atoms with E-state index in [4.69, 9.17) is 14.8 Å². The van der Waals surface area contributed by atoms with Gasteiger partial charge in [0.25, 0.3) is 10.1 Å². The number of nitrogens with zero attached hydrogens (tertiary/aromatic N) is 1. The summed E-state index contributed by atoms with van der Waals surface area (Å²) in [6, 6.07) is 0. The minimum Gasteiger partial charge on any atom is -0.395 e. The molecule has 0 aliphatic rings. The molecule has 0 spiro atoms. The Labute approximate surface area is 219 Å². The van der Waals surface area contributed by atoms with Gasteiger partial charge in [-0.3, -0.25) is 9.45 Å². The Morgan fingerprint density at radius 3 is 1.11 bits per heavy atom. The van der Waals surface area contributed by atoms with Crippen molar-refractivity contribution in [3.8, 4) is 0 Å². The van der Waals surface area contributed by atoms with E-state index in [2.05, 4.69) is 18.7 Å². The van der Waals surface area contributed by atoms with Crippen LogP contribution in [0.4, 0.5) is 0 Å². The fourth-order valence-electron chi connectivity index (χ4n) is 4.21. The van der Waals surface area contributed by atoms with E-state index >= 15 is 0 Å². The van der Waals surface area contributed by atoms with Gasteiger partial charge in [-0.1, -0.05) is 129 Å². The molecule has 0 radical (unpaired) electrons. The minimum absolute atomic E-state index is 0.0799. The number of hydrogen-bond donors (Lipinski definition) is 3. The smallest absolute Gasteiger partial charge is 0.264 e. The molecule has 0 aliphatic heterocycles. The second kappa shape index (κ2) is 30.0. The van der Waals surface area contributed by atoms with Crippen molar-refractivity contribution >= 4 is 10.1 Å². The van der Waals surface area contributed by atoms with Crippen molar-refractivity contribution in [1.29, 1.82) is 0 Å². The van der Waals surface area contributed by atoms with Crippen molar-refractivity contribution in [3.63, 3.8) is 0 Å². The Balaban J connectivity index is 0. The van der Waals surface area contributed by atoms with Crippen LogP contribution in [0.3, 0.4) is 0 Å². The molecule has 35 heavy (non-hydrogen) atoms. The van der Waals surface area contributed by atoms with Crippen LogP contribution in [0.15, 0.2) is 0 Å². The maximum Gasteiger partial charge on any atom is 0.264 e. The average Bonchev–Trinajstić information content (AvgIpc) is 2.81. The topological polar surface area (TPSA) is 98.1 Å². The van der Waals surface area contributed by atoms with Crippen LogP contribution in [0.1, 0.15) is 142 Å². The predicted octanol–water partition coefficient (Wildman–Crippen LogP) is 6.99. The first-order chi connectivity index (χ1) is 16.9. The lowest BCUT2D eigenvalue weighted by atomic mass is 10.1. The van der Waals surface area contributed by atoms with Crippen LogP contribution in [0.5, 0.6) is 0 Å². The Kier molecular flexibility index (Phi) is 31.7. The minimum atomic E-state index is -3.73. The van der Waals surface area contributed by atoms with Crippen molar-refractivity contribution in [2.24, 2.45) is 0 Å². The largest absolute Gasteiger partial charge is 0.395 e. The molecule has 0 saturated heterocycles. The summed E-state index contributed by atoms with van der Waals surface area (Å²) in [6.07, 6.45) is 25.2. The number of aliphatic hydroxyl groups excluding tert-OH is 2. The zero-order valence-electron chi connectivity index (χ0n) is 23.4. The zero-order chi connectivity index (χ0) is 26.5. The molecule has 0 aromatic heterocycles. The quantitative estimate of drug-likeness (QED) is 0.0835. The first-order valence-electron chi connectivity index (χ1n) is 14.8. The lowest BCUT2D eigenvalue weighted by molar-refractivity contribution is 0.159. The van der Waals surface area contributed by atoms with E-state index in [0.717, 1.165) is 19.4 Å². The first-order valence-corrected chi connectivity index (χ1v) is 16.4. The van der Waals surface area contributed by atoms with Gasteiger partial charge in [0.1, 0.15) is 0 Å². The number of hydrogen-bond acceptors (Lipinski definition) is 5. The highest BCUT2D eigenvalue weighted by molar-refractivity contribution is 7.85. The maximum absolute atomic E-state index is 10.4. The standard InChI is InChI=1S/C16H35NO2.C12H26O3S/c1-2-3-4-5-6-7-8-9-10-11-12-17(13-15-18)14-16-19;1-2-3-4-5-6-7-8-9-10-11-12-16(13,14)15/h18-19H,2-16H2,1H3;2-12H2,1H3,(H,13,14,15). The molecule has 0 atom stereocenters. The van der Waals surface area contributed by atoms with Gasteiger partial charge in [-0.2, -0.15) is 8.42 Å². The van der Waals surface area contributed by atoms with Gasteiger partial charge < -0.3 is 10.2 Å². The zero-order valence-corrected chi connectivity index (χ0v) is 24.2. The van der Waals surface area contributed by atoms with E-state index in [-0.39, 0.29) is 19.0 Å². The summed E-state index contributed by atoms with van der Waals surface area (Å²) in [4.78, 5) is 2.14. The van der Waals surface area contributed by atoms with Crippen LogP contribution < -0.4 is 0 Å². The SMILES string of the molecule is CCCCCCCCCCCCN(CCO)CCO.CCCCCCCCCCCCS(=O)(=O)O. The Bertz CT molecular complexity index is 482. The Morgan fingerprint density at radius 1 is 0.486 bits per heavy atom. The van der Waals surface area contributed by atoms with Crippen LogP contribution in [-0.4, -0.2) is 66.7 Å². The van der Waals surface area contributed by atoms with E-state index in [9.17, 15) is 8.42 Å². The molecule has 214 valence electrons. The third-order valence-electron chi connectivity index (χ3n) is 6.42. The van der Waals surface area contributed by atoms with E-state index in [1.807, 2.05) is 0 Å². The summed E-state index contributed by atoms with van der Waals surface area (Å²) in [5, 5.41) is 17.8. The molecule has 7 heteroatoms. The Morgan fingerprint density at radius 2 is 0.800 bits per heavy atom. The molecular weight excluding hydrogens is 462 g/mol. The average molecular weight is 524 g/mol. The summed E-state index contributed by atoms with van der Waals surface area (Å²) in [7, 11) is -3.73. The van der Waals surface area contributed by atoms with Crippen LogP contribution in [0.25, 0.3) is 0 Å². The van der Waals surface area contributed by atoms with Gasteiger partial charge in [0.2, 0.25) is 0 Å². The molecule has 0 rings (SSSR count). The fourth-order valence-corrected chi connectivity index (χ4v) is 4.78. The number of aliphatic hydroxyl groups is 2. The van der Waals surface area contributed by atoms with Crippen molar-refractivity contribution in [2.45, 2.75) is 142 Å². The lowest BCUT2D eigenvalue weighted by Crippen LogP contribution is -2.30. The number of unbranched alkanes of at least 4 members (excludes halogenated alkanes) is 18. The normalized spacial score (nSPS) is 11.6. The summed E-state index contributed by atoms with van der Waals surface area (Å²) >= 11 is 0. The highest BCUT2D eigenvalue weighted by atomic mass is 32.2. The van der Waals surface area contributed by atoms with Gasteiger partial charge in [-0.25, -0.2) is 0 Å². The molecule has 0 amide bonds. The molecule has 3 N–H and O–H groups in total. The number of rotatable bonds is 26. The van der Waals surface area contributed by atoms with E-state index < -0.39 is 10.1 Å². The van der Waals surface area contributed by atoms with E-state index in [1.54, 1.807) is 0 Å². The van der Waals surface area contributed by atoms with Crippen molar-refractivity contribution < 1.29 is 23.2 Å². The highest BCUT2D eigenvalue weighted by Gasteiger charge is 2.03. The second-order valence-electron chi connectivity index (χ2n) is 9.94. The van der Waals surface area contributed by atoms with E-state index in [0.29, 0.717) is 19.5 Å². The monoisotopic (exact) mass is 523 g/mol. The summed E-state index contributed by atoms with van der Waals surface area (Å²) in [5.74, 6) is -0.0799. The first kappa shape index (κ1) is 36.9. The second-order valence-corrected chi connectivity index (χ2v) is 11.5. The van der Waals surface area contributed by atoms with Crippen molar-refractivity contribution in [1.82, 2.24) is 4.90 Å². The van der Waals surface area contributed by atoms with Gasteiger partial charge >= 0.3 is 0 Å². The molecule has 6 nitrogen and oxygen atoms in total. The molecule has 0 aromatic rings. The van der Waals surface area contributed by atoms with Crippen molar-refractivity contribution in [3.05, 3.63) is 0 Å². The molecule has 0 bridgehead atoms.